The largest absolute Gasteiger partial charge is 0.456 e. The van der Waals surface area contributed by atoms with Gasteiger partial charge in [0.2, 0.25) is 0 Å². The number of aromatic nitrogens is 3. The number of hydrogen-bond acceptors (Lipinski definition) is 7. The molecular formula is C27H26ClN3O5. The van der Waals surface area contributed by atoms with Crippen LogP contribution in [0.15, 0.2) is 54.6 Å². The number of benzene rings is 2. The Bertz CT molecular complexity index is 1400. The summed E-state index contributed by atoms with van der Waals surface area (Å²) in [5.74, 6) is 0. The molecule has 36 heavy (non-hydrogen) atoms. The Balaban J connectivity index is 1.22. The number of rotatable bonds is 5. The molecule has 4 heterocycles. The molecule has 0 aliphatic carbocycles. The van der Waals surface area contributed by atoms with Gasteiger partial charge in [-0.3, -0.25) is 0 Å². The third-order valence-corrected chi connectivity index (χ3v) is 7.02. The van der Waals surface area contributed by atoms with Crippen molar-refractivity contribution >= 4 is 22.8 Å². The van der Waals surface area contributed by atoms with Crippen LogP contribution < -0.4 is 4.74 Å². The Morgan fingerprint density at radius 2 is 1.58 bits per heavy atom. The van der Waals surface area contributed by atoms with Crippen molar-refractivity contribution in [3.05, 3.63) is 65.2 Å². The second-order valence-corrected chi connectivity index (χ2v) is 10.2. The Hall–Kier alpha value is -3.01. The van der Waals surface area contributed by atoms with Crippen LogP contribution in [0.3, 0.4) is 0 Å². The minimum absolute atomic E-state index is 0.237. The van der Waals surface area contributed by atoms with E-state index in [1.807, 2.05) is 48.5 Å². The van der Waals surface area contributed by atoms with Crippen LogP contribution in [-0.2, 0) is 15.1 Å². The third kappa shape index (κ3) is 4.25. The van der Waals surface area contributed by atoms with Gasteiger partial charge in [0, 0.05) is 5.56 Å². The van der Waals surface area contributed by atoms with E-state index in [1.165, 1.54) is 0 Å². The topological polar surface area (TPSA) is 110 Å². The van der Waals surface area contributed by atoms with Crippen LogP contribution in [0.4, 0.5) is 0 Å². The fraction of sp³-hybridized carbons (Fsp3) is 0.333. The molecule has 2 aliphatic heterocycles. The zero-order chi connectivity index (χ0) is 25.0. The molecule has 2 saturated heterocycles. The summed E-state index contributed by atoms with van der Waals surface area (Å²) in [6.07, 6.45) is -1.71. The highest BCUT2D eigenvalue weighted by molar-refractivity contribution is 6.33. The molecule has 186 valence electrons. The van der Waals surface area contributed by atoms with Gasteiger partial charge in [-0.1, -0.05) is 60.1 Å². The quantitative estimate of drug-likeness (QED) is 0.373. The van der Waals surface area contributed by atoms with E-state index in [1.54, 1.807) is 19.9 Å². The van der Waals surface area contributed by atoms with E-state index in [2.05, 4.69) is 15.0 Å². The maximum absolute atomic E-state index is 10.2. The Morgan fingerprint density at radius 1 is 0.944 bits per heavy atom. The SMILES string of the molecule is CC(C)(O)c1ccc(-c2ccc(-c3nc4nc(O[C@H]5CO[C@@H]6[C@H]5OC[C@H]6O)[nH]c4cc3Cl)cc2)cc1. The predicted molar refractivity (Wildman–Crippen MR) is 135 cm³/mol. The number of ether oxygens (including phenoxy) is 3. The molecule has 3 N–H and O–H groups in total. The molecular weight excluding hydrogens is 482 g/mol. The summed E-state index contributed by atoms with van der Waals surface area (Å²) < 4.78 is 17.2. The number of pyridine rings is 1. The number of aliphatic hydroxyl groups excluding tert-OH is 1. The van der Waals surface area contributed by atoms with Crippen molar-refractivity contribution < 1.29 is 24.4 Å². The summed E-state index contributed by atoms with van der Waals surface area (Å²) in [5.41, 5.74) is 4.72. The fourth-order valence-corrected chi connectivity index (χ4v) is 4.99. The summed E-state index contributed by atoms with van der Waals surface area (Å²) in [4.78, 5) is 12.3. The van der Waals surface area contributed by atoms with Gasteiger partial charge in [-0.25, -0.2) is 4.98 Å². The lowest BCUT2D eigenvalue weighted by atomic mass is 9.95. The van der Waals surface area contributed by atoms with Gasteiger partial charge in [0.25, 0.3) is 6.01 Å². The van der Waals surface area contributed by atoms with Crippen LogP contribution in [-0.4, -0.2) is 62.8 Å². The van der Waals surface area contributed by atoms with Gasteiger partial charge in [0.1, 0.15) is 18.3 Å². The average Bonchev–Trinajstić information content (AvgIpc) is 3.55. The van der Waals surface area contributed by atoms with E-state index in [0.717, 1.165) is 22.3 Å². The normalized spacial score (nSPS) is 23.8. The first-order valence-electron chi connectivity index (χ1n) is 11.8. The number of aliphatic hydroxyl groups is 2. The molecule has 4 aromatic rings. The standard InChI is InChI=1S/C27H26ClN3O5/c1-27(2,33)17-9-7-15(8-10-17)14-3-5-16(6-4-14)22-18(28)11-19-25(30-22)31-26(29-19)36-21-13-35-23-20(32)12-34-24(21)23/h3-11,20-21,23-24,32-33H,12-13H2,1-2H3,(H,29,30,31)/t20-,21+,23+,24+/m1/s1. The second kappa shape index (κ2) is 8.83. The second-order valence-electron chi connectivity index (χ2n) is 9.77. The van der Waals surface area contributed by atoms with Crippen LogP contribution in [0.1, 0.15) is 19.4 Å². The highest BCUT2D eigenvalue weighted by Gasteiger charge is 2.48. The number of nitrogens with one attached hydrogen (secondary N) is 1. The Labute approximate surface area is 212 Å². The summed E-state index contributed by atoms with van der Waals surface area (Å²) in [5, 5.41) is 20.6. The van der Waals surface area contributed by atoms with Gasteiger partial charge in [-0.05, 0) is 36.6 Å². The molecule has 2 aromatic heterocycles. The molecule has 2 aliphatic rings. The molecule has 6 rings (SSSR count). The van der Waals surface area contributed by atoms with E-state index in [4.69, 9.17) is 25.8 Å². The molecule has 0 unspecified atom stereocenters. The Morgan fingerprint density at radius 3 is 2.28 bits per heavy atom. The van der Waals surface area contributed by atoms with Gasteiger partial charge in [-0.2, -0.15) is 4.98 Å². The van der Waals surface area contributed by atoms with E-state index in [9.17, 15) is 10.2 Å². The maximum Gasteiger partial charge on any atom is 0.296 e. The first-order valence-corrected chi connectivity index (χ1v) is 12.2. The van der Waals surface area contributed by atoms with Crippen molar-refractivity contribution in [3.8, 4) is 28.4 Å². The number of halogens is 1. The zero-order valence-electron chi connectivity index (χ0n) is 19.8. The molecule has 0 bridgehead atoms. The van der Waals surface area contributed by atoms with E-state index < -0.39 is 11.7 Å². The molecule has 4 atom stereocenters. The number of nitrogens with zero attached hydrogens (tertiary/aromatic N) is 2. The van der Waals surface area contributed by atoms with Crippen molar-refractivity contribution in [1.29, 1.82) is 0 Å². The number of fused-ring (bicyclic) bond motifs is 2. The number of aromatic amines is 1. The van der Waals surface area contributed by atoms with Crippen molar-refractivity contribution in [2.75, 3.05) is 13.2 Å². The van der Waals surface area contributed by atoms with E-state index in [0.29, 0.717) is 34.5 Å². The van der Waals surface area contributed by atoms with Gasteiger partial charge >= 0.3 is 0 Å². The maximum atomic E-state index is 10.2. The lowest BCUT2D eigenvalue weighted by Gasteiger charge is -2.18. The molecule has 0 saturated carbocycles. The number of H-pyrrole nitrogens is 1. The molecule has 2 aromatic carbocycles. The van der Waals surface area contributed by atoms with Crippen molar-refractivity contribution in [2.24, 2.45) is 0 Å². The highest BCUT2D eigenvalue weighted by Crippen LogP contribution is 2.33. The first kappa shape index (κ1) is 23.4. The first-order chi connectivity index (χ1) is 17.3. The Kier molecular flexibility index (Phi) is 5.74. The molecule has 9 heteroatoms. The summed E-state index contributed by atoms with van der Waals surface area (Å²) in [6, 6.07) is 17.9. The highest BCUT2D eigenvalue weighted by atomic mass is 35.5. The van der Waals surface area contributed by atoms with Crippen molar-refractivity contribution in [1.82, 2.24) is 15.0 Å². The van der Waals surface area contributed by atoms with Crippen molar-refractivity contribution in [3.63, 3.8) is 0 Å². The predicted octanol–water partition coefficient (Wildman–Crippen LogP) is 4.08. The summed E-state index contributed by atoms with van der Waals surface area (Å²) >= 11 is 6.58. The number of hydrogen-bond donors (Lipinski definition) is 3. The summed E-state index contributed by atoms with van der Waals surface area (Å²) in [6.45, 7) is 4.09. The molecule has 8 nitrogen and oxygen atoms in total. The smallest absolute Gasteiger partial charge is 0.296 e. The van der Waals surface area contributed by atoms with E-state index in [-0.39, 0.29) is 24.9 Å². The van der Waals surface area contributed by atoms with Gasteiger partial charge in [-0.15, -0.1) is 0 Å². The molecule has 2 fully saturated rings. The minimum atomic E-state index is -0.874. The lowest BCUT2D eigenvalue weighted by molar-refractivity contribution is 0.00706. The molecule has 0 amide bonds. The molecule has 0 radical (unpaired) electrons. The monoisotopic (exact) mass is 507 g/mol. The fourth-order valence-electron chi connectivity index (χ4n) is 4.73. The zero-order valence-corrected chi connectivity index (χ0v) is 20.6. The van der Waals surface area contributed by atoms with Crippen LogP contribution in [0.2, 0.25) is 5.02 Å². The average molecular weight is 508 g/mol. The van der Waals surface area contributed by atoms with Crippen molar-refractivity contribution in [2.45, 2.75) is 43.9 Å². The molecule has 0 spiro atoms. The number of imidazole rings is 1. The van der Waals surface area contributed by atoms with Crippen LogP contribution in [0.5, 0.6) is 6.01 Å². The third-order valence-electron chi connectivity index (χ3n) is 6.73. The van der Waals surface area contributed by atoms with Gasteiger partial charge < -0.3 is 29.4 Å². The van der Waals surface area contributed by atoms with Crippen LogP contribution in [0, 0.1) is 0 Å². The summed E-state index contributed by atoms with van der Waals surface area (Å²) in [7, 11) is 0. The van der Waals surface area contributed by atoms with Crippen LogP contribution in [0.25, 0.3) is 33.5 Å². The lowest BCUT2D eigenvalue weighted by Crippen LogP contribution is -2.34. The van der Waals surface area contributed by atoms with E-state index >= 15 is 0 Å². The van der Waals surface area contributed by atoms with Gasteiger partial charge in [0.15, 0.2) is 11.8 Å². The van der Waals surface area contributed by atoms with Gasteiger partial charge in [0.05, 0.1) is 35.0 Å². The van der Waals surface area contributed by atoms with Crippen LogP contribution >= 0.6 is 11.6 Å². The minimum Gasteiger partial charge on any atom is -0.456 e.